The Morgan fingerprint density at radius 1 is 1.16 bits per heavy atom. The fraction of sp³-hybridized carbons (Fsp3) is 0.400. The van der Waals surface area contributed by atoms with Crippen molar-refractivity contribution < 1.29 is 22.7 Å². The minimum atomic E-state index is -3.42. The zero-order valence-electron chi connectivity index (χ0n) is 20.3. The number of sulfonamides is 1. The van der Waals surface area contributed by atoms with Gasteiger partial charge in [0, 0.05) is 24.6 Å². The fourth-order valence-corrected chi connectivity index (χ4v) is 5.51. The molecule has 1 aliphatic carbocycles. The van der Waals surface area contributed by atoms with Crippen molar-refractivity contribution in [1.82, 2.24) is 25.3 Å². The molecular formula is C25H28N6O5S. The van der Waals surface area contributed by atoms with E-state index in [1.807, 2.05) is 6.92 Å². The highest BCUT2D eigenvalue weighted by Crippen LogP contribution is 2.31. The predicted molar refractivity (Wildman–Crippen MR) is 135 cm³/mol. The standard InChI is InChI=1S/C25H28N6O5S/c1-2-35-23-15-26-14-21(29-23)16-5-8-19(28-13-16)25(32)30-24(22-4-3-11-36-22)20-12-17(9-10-27-20)31-37(33,34)18-6-7-18/h5,8-10,12-15,18,22,24H,2-4,6-7,11H2,1H3,(H,27,31)(H,30,32)/t22-,24+/m1/s1. The number of nitrogens with one attached hydrogen (secondary N) is 2. The average Bonchev–Trinajstić information content (AvgIpc) is 3.64. The number of ether oxygens (including phenoxy) is 2. The number of carbonyl (C=O) groups is 1. The van der Waals surface area contributed by atoms with Gasteiger partial charge in [-0.2, -0.15) is 0 Å². The third kappa shape index (κ3) is 6.03. The van der Waals surface area contributed by atoms with E-state index in [0.717, 1.165) is 12.8 Å². The summed E-state index contributed by atoms with van der Waals surface area (Å²) in [5.74, 6) is 0.0161. The molecule has 0 aromatic carbocycles. The molecule has 2 N–H and O–H groups in total. The summed E-state index contributed by atoms with van der Waals surface area (Å²) in [6, 6.07) is 6.03. The first kappa shape index (κ1) is 25.0. The number of hydrogen-bond donors (Lipinski definition) is 2. The lowest BCUT2D eigenvalue weighted by Crippen LogP contribution is -2.37. The van der Waals surface area contributed by atoms with Crippen molar-refractivity contribution in [2.75, 3.05) is 17.9 Å². The number of nitrogens with zero attached hydrogens (tertiary/aromatic N) is 4. The lowest BCUT2D eigenvalue weighted by Gasteiger charge is -2.24. The highest BCUT2D eigenvalue weighted by atomic mass is 32.2. The van der Waals surface area contributed by atoms with E-state index in [1.165, 1.54) is 12.4 Å². The van der Waals surface area contributed by atoms with Crippen LogP contribution in [0.1, 0.15) is 54.8 Å². The Kier molecular flexibility index (Phi) is 7.28. The number of pyridine rings is 2. The van der Waals surface area contributed by atoms with E-state index < -0.39 is 22.0 Å². The van der Waals surface area contributed by atoms with Gasteiger partial charge in [0.25, 0.3) is 5.91 Å². The molecule has 3 aromatic rings. The van der Waals surface area contributed by atoms with Crippen molar-refractivity contribution in [3.05, 3.63) is 60.4 Å². The summed E-state index contributed by atoms with van der Waals surface area (Å²) in [4.78, 5) is 30.4. The molecule has 3 aromatic heterocycles. The molecule has 1 amide bonds. The Balaban J connectivity index is 1.34. The maximum absolute atomic E-state index is 13.2. The smallest absolute Gasteiger partial charge is 0.270 e. The number of rotatable bonds is 10. The molecule has 5 rings (SSSR count). The number of hydrogen-bond acceptors (Lipinski definition) is 9. The molecule has 2 fully saturated rings. The van der Waals surface area contributed by atoms with Gasteiger partial charge < -0.3 is 14.8 Å². The largest absolute Gasteiger partial charge is 0.477 e. The van der Waals surface area contributed by atoms with Gasteiger partial charge in [-0.15, -0.1) is 0 Å². The van der Waals surface area contributed by atoms with Crippen molar-refractivity contribution in [3.63, 3.8) is 0 Å². The van der Waals surface area contributed by atoms with Crippen molar-refractivity contribution in [3.8, 4) is 17.1 Å². The summed E-state index contributed by atoms with van der Waals surface area (Å²) in [6.07, 6.45) is 8.86. The molecule has 0 radical (unpaired) electrons. The zero-order valence-corrected chi connectivity index (χ0v) is 21.1. The maximum Gasteiger partial charge on any atom is 0.270 e. The van der Waals surface area contributed by atoms with Gasteiger partial charge >= 0.3 is 0 Å². The number of carbonyl (C=O) groups excluding carboxylic acids is 1. The van der Waals surface area contributed by atoms with Crippen LogP contribution in [-0.2, 0) is 14.8 Å². The summed E-state index contributed by atoms with van der Waals surface area (Å²) in [7, 11) is -3.42. The van der Waals surface area contributed by atoms with Crippen LogP contribution in [0, 0.1) is 0 Å². The second kappa shape index (κ2) is 10.8. The maximum atomic E-state index is 13.2. The van der Waals surface area contributed by atoms with Crippen LogP contribution in [0.4, 0.5) is 5.69 Å². The van der Waals surface area contributed by atoms with Gasteiger partial charge in [-0.1, -0.05) is 0 Å². The van der Waals surface area contributed by atoms with Gasteiger partial charge in [-0.05, 0) is 56.9 Å². The first-order valence-electron chi connectivity index (χ1n) is 12.2. The molecule has 37 heavy (non-hydrogen) atoms. The first-order chi connectivity index (χ1) is 17.9. The second-order valence-corrected chi connectivity index (χ2v) is 10.9. The number of amides is 1. The van der Waals surface area contributed by atoms with Crippen molar-refractivity contribution in [1.29, 1.82) is 0 Å². The van der Waals surface area contributed by atoms with Gasteiger partial charge in [0.15, 0.2) is 0 Å². The topological polar surface area (TPSA) is 145 Å². The number of aromatic nitrogens is 4. The molecule has 0 spiro atoms. The van der Waals surface area contributed by atoms with E-state index in [4.69, 9.17) is 9.47 Å². The van der Waals surface area contributed by atoms with E-state index in [1.54, 1.807) is 36.7 Å². The van der Waals surface area contributed by atoms with E-state index in [9.17, 15) is 13.2 Å². The van der Waals surface area contributed by atoms with Crippen LogP contribution < -0.4 is 14.8 Å². The highest BCUT2D eigenvalue weighted by Gasteiger charge is 2.36. The van der Waals surface area contributed by atoms with Crippen molar-refractivity contribution >= 4 is 21.6 Å². The van der Waals surface area contributed by atoms with Crippen LogP contribution in [0.2, 0.25) is 0 Å². The summed E-state index contributed by atoms with van der Waals surface area (Å²) in [5, 5.41) is 2.64. The Bertz CT molecular complexity index is 1360. The Labute approximate surface area is 215 Å². The van der Waals surface area contributed by atoms with Crippen molar-refractivity contribution in [2.45, 2.75) is 50.0 Å². The van der Waals surface area contributed by atoms with Crippen LogP contribution in [0.15, 0.2) is 49.1 Å². The summed E-state index contributed by atoms with van der Waals surface area (Å²) in [5.41, 5.74) is 2.41. The second-order valence-electron chi connectivity index (χ2n) is 8.93. The SMILES string of the molecule is CCOc1cncc(-c2ccc(C(=O)N[C@@H](c3cc(NS(=O)(=O)C4CC4)ccn3)[C@H]3CCCO3)nc2)n1. The molecule has 1 aliphatic heterocycles. The van der Waals surface area contributed by atoms with Gasteiger partial charge in [0.1, 0.15) is 5.69 Å². The van der Waals surface area contributed by atoms with Gasteiger partial charge in [0.05, 0.1) is 53.5 Å². The molecule has 0 unspecified atom stereocenters. The van der Waals surface area contributed by atoms with E-state index in [2.05, 4.69) is 30.0 Å². The monoisotopic (exact) mass is 524 g/mol. The highest BCUT2D eigenvalue weighted by molar-refractivity contribution is 7.93. The summed E-state index contributed by atoms with van der Waals surface area (Å²) < 4.78 is 38.7. The van der Waals surface area contributed by atoms with E-state index in [-0.39, 0.29) is 17.0 Å². The molecular weight excluding hydrogens is 496 g/mol. The Morgan fingerprint density at radius 3 is 2.73 bits per heavy atom. The third-order valence-corrected chi connectivity index (χ3v) is 8.01. The predicted octanol–water partition coefficient (Wildman–Crippen LogP) is 2.89. The van der Waals surface area contributed by atoms with Crippen LogP contribution in [-0.4, -0.2) is 58.8 Å². The Hall–Kier alpha value is -3.64. The van der Waals surface area contributed by atoms with Gasteiger partial charge in [-0.3, -0.25) is 24.5 Å². The number of anilines is 1. The molecule has 4 heterocycles. The molecule has 2 atom stereocenters. The first-order valence-corrected chi connectivity index (χ1v) is 13.8. The lowest BCUT2D eigenvalue weighted by atomic mass is 10.0. The van der Waals surface area contributed by atoms with E-state index in [0.29, 0.717) is 54.6 Å². The van der Waals surface area contributed by atoms with Crippen molar-refractivity contribution in [2.24, 2.45) is 0 Å². The molecule has 1 saturated heterocycles. The summed E-state index contributed by atoms with van der Waals surface area (Å²) >= 11 is 0. The zero-order chi connectivity index (χ0) is 25.8. The average molecular weight is 525 g/mol. The lowest BCUT2D eigenvalue weighted by molar-refractivity contribution is 0.0661. The van der Waals surface area contributed by atoms with Crippen LogP contribution in [0.25, 0.3) is 11.3 Å². The third-order valence-electron chi connectivity index (χ3n) is 6.14. The van der Waals surface area contributed by atoms with Crippen LogP contribution in [0.5, 0.6) is 5.88 Å². The molecule has 0 bridgehead atoms. The minimum absolute atomic E-state index is 0.214. The molecule has 11 nitrogen and oxygen atoms in total. The molecule has 194 valence electrons. The molecule has 2 aliphatic rings. The van der Waals surface area contributed by atoms with Gasteiger partial charge in [-0.25, -0.2) is 13.4 Å². The Morgan fingerprint density at radius 2 is 2.03 bits per heavy atom. The van der Waals surface area contributed by atoms with Crippen LogP contribution in [0.3, 0.4) is 0 Å². The minimum Gasteiger partial charge on any atom is -0.477 e. The van der Waals surface area contributed by atoms with Crippen LogP contribution >= 0.6 is 0 Å². The normalized spacial score (nSPS) is 18.2. The fourth-order valence-electron chi connectivity index (χ4n) is 4.13. The molecule has 1 saturated carbocycles. The molecule has 12 heteroatoms. The van der Waals surface area contributed by atoms with E-state index >= 15 is 0 Å². The summed E-state index contributed by atoms with van der Waals surface area (Å²) in [6.45, 7) is 2.93. The van der Waals surface area contributed by atoms with Gasteiger partial charge in [0.2, 0.25) is 15.9 Å². The quantitative estimate of drug-likeness (QED) is 0.409.